The number of hydrogen-bond donors (Lipinski definition) is 1. The van der Waals surface area contributed by atoms with Gasteiger partial charge in [0.15, 0.2) is 5.82 Å². The van der Waals surface area contributed by atoms with Gasteiger partial charge in [-0.1, -0.05) is 18.5 Å². The normalized spacial score (nSPS) is 10.4. The summed E-state index contributed by atoms with van der Waals surface area (Å²) in [7, 11) is 1.63. The summed E-state index contributed by atoms with van der Waals surface area (Å²) in [5.41, 5.74) is 1.64. The van der Waals surface area contributed by atoms with Crippen LogP contribution in [0.25, 0.3) is 11.3 Å². The van der Waals surface area contributed by atoms with Crippen LogP contribution in [0.3, 0.4) is 0 Å². The lowest BCUT2D eigenvalue weighted by Gasteiger charge is -2.08. The van der Waals surface area contributed by atoms with Crippen LogP contribution in [0, 0.1) is 0 Å². The number of halogens is 1. The molecule has 0 aliphatic carbocycles. The van der Waals surface area contributed by atoms with Crippen molar-refractivity contribution in [3.63, 3.8) is 0 Å². The largest absolute Gasteiger partial charge is 0.496 e. The van der Waals surface area contributed by atoms with Crippen LogP contribution in [-0.4, -0.2) is 22.4 Å². The van der Waals surface area contributed by atoms with Gasteiger partial charge in [0.2, 0.25) is 0 Å². The van der Waals surface area contributed by atoms with E-state index in [0.717, 1.165) is 35.8 Å². The fourth-order valence-electron chi connectivity index (χ4n) is 1.59. The van der Waals surface area contributed by atoms with Gasteiger partial charge in [-0.2, -0.15) is 8.75 Å². The maximum Gasteiger partial charge on any atom is 0.168 e. The molecule has 0 radical (unpaired) electrons. The highest BCUT2D eigenvalue weighted by molar-refractivity contribution is 6.99. The average Bonchev–Trinajstić information content (AvgIpc) is 2.84. The zero-order chi connectivity index (χ0) is 13.0. The first-order valence-corrected chi connectivity index (χ1v) is 6.77. The Hall–Kier alpha value is -1.33. The number of methoxy groups -OCH3 is 1. The van der Waals surface area contributed by atoms with E-state index in [1.54, 1.807) is 13.2 Å². The topological polar surface area (TPSA) is 47.0 Å². The van der Waals surface area contributed by atoms with Crippen molar-refractivity contribution in [3.05, 3.63) is 23.2 Å². The van der Waals surface area contributed by atoms with Gasteiger partial charge in [-0.05, 0) is 24.6 Å². The van der Waals surface area contributed by atoms with E-state index in [1.165, 1.54) is 11.7 Å². The first-order valence-electron chi connectivity index (χ1n) is 5.66. The standard InChI is InChI=1S/C12H14ClN3OS/c1-3-6-14-12-11(15-18-16-12)9-7-8(13)4-5-10(9)17-2/h4-5,7H,3,6H2,1-2H3,(H,14,16). The van der Waals surface area contributed by atoms with E-state index in [2.05, 4.69) is 21.0 Å². The van der Waals surface area contributed by atoms with Gasteiger partial charge in [-0.3, -0.25) is 0 Å². The molecule has 0 aliphatic heterocycles. The number of benzene rings is 1. The lowest BCUT2D eigenvalue weighted by atomic mass is 10.1. The van der Waals surface area contributed by atoms with Gasteiger partial charge < -0.3 is 10.1 Å². The second-order valence-corrected chi connectivity index (χ2v) is 4.70. The molecule has 18 heavy (non-hydrogen) atoms. The molecule has 96 valence electrons. The second-order valence-electron chi connectivity index (χ2n) is 3.73. The molecule has 0 atom stereocenters. The molecule has 6 heteroatoms. The molecule has 1 aromatic heterocycles. The molecule has 0 saturated carbocycles. The van der Waals surface area contributed by atoms with Crippen molar-refractivity contribution in [2.24, 2.45) is 0 Å². The highest BCUT2D eigenvalue weighted by atomic mass is 35.5. The smallest absolute Gasteiger partial charge is 0.168 e. The van der Waals surface area contributed by atoms with E-state index in [9.17, 15) is 0 Å². The summed E-state index contributed by atoms with van der Waals surface area (Å²) in [5.74, 6) is 1.52. The minimum Gasteiger partial charge on any atom is -0.496 e. The first kappa shape index (κ1) is 13.1. The average molecular weight is 284 g/mol. The third-order valence-corrected chi connectivity index (χ3v) is 3.21. The van der Waals surface area contributed by atoms with Gasteiger partial charge in [0.25, 0.3) is 0 Å². The minimum absolute atomic E-state index is 0.653. The third kappa shape index (κ3) is 2.73. The lowest BCUT2D eigenvalue weighted by Crippen LogP contribution is -2.01. The van der Waals surface area contributed by atoms with Crippen molar-refractivity contribution < 1.29 is 4.74 Å². The van der Waals surface area contributed by atoms with Crippen LogP contribution >= 0.6 is 23.3 Å². The predicted molar refractivity (Wildman–Crippen MR) is 75.7 cm³/mol. The molecule has 0 unspecified atom stereocenters. The van der Waals surface area contributed by atoms with E-state index in [-0.39, 0.29) is 0 Å². The Bertz CT molecular complexity index is 530. The molecule has 2 aromatic rings. The number of nitrogens with zero attached hydrogens (tertiary/aromatic N) is 2. The maximum atomic E-state index is 6.03. The SMILES string of the molecule is CCCNc1nsnc1-c1cc(Cl)ccc1OC. The molecule has 0 aliphatic rings. The monoisotopic (exact) mass is 283 g/mol. The number of anilines is 1. The van der Waals surface area contributed by atoms with Gasteiger partial charge in [-0.15, -0.1) is 0 Å². The van der Waals surface area contributed by atoms with Crippen molar-refractivity contribution in [1.29, 1.82) is 0 Å². The Kier molecular flexibility index (Phi) is 4.38. The molecule has 0 amide bonds. The van der Waals surface area contributed by atoms with E-state index in [4.69, 9.17) is 16.3 Å². The Morgan fingerprint density at radius 3 is 2.94 bits per heavy atom. The van der Waals surface area contributed by atoms with Gasteiger partial charge in [-0.25, -0.2) is 0 Å². The number of aromatic nitrogens is 2. The van der Waals surface area contributed by atoms with E-state index < -0.39 is 0 Å². The van der Waals surface area contributed by atoms with Gasteiger partial charge >= 0.3 is 0 Å². The van der Waals surface area contributed by atoms with Crippen LogP contribution < -0.4 is 10.1 Å². The Labute approximate surface area is 115 Å². The summed E-state index contributed by atoms with van der Waals surface area (Å²) in [4.78, 5) is 0. The predicted octanol–water partition coefficient (Wildman–Crippen LogP) is 3.69. The molecular weight excluding hydrogens is 270 g/mol. The Morgan fingerprint density at radius 2 is 2.22 bits per heavy atom. The summed E-state index contributed by atoms with van der Waals surface area (Å²) >= 11 is 7.20. The Balaban J connectivity index is 2.41. The quantitative estimate of drug-likeness (QED) is 0.909. The van der Waals surface area contributed by atoms with Crippen molar-refractivity contribution in [3.8, 4) is 17.0 Å². The highest BCUT2D eigenvalue weighted by Crippen LogP contribution is 2.35. The van der Waals surface area contributed by atoms with Crippen molar-refractivity contribution in [2.75, 3.05) is 19.0 Å². The summed E-state index contributed by atoms with van der Waals surface area (Å²) in [6.45, 7) is 2.97. The molecule has 1 N–H and O–H groups in total. The molecule has 0 spiro atoms. The molecular formula is C12H14ClN3OS. The zero-order valence-electron chi connectivity index (χ0n) is 10.2. The van der Waals surface area contributed by atoms with Crippen molar-refractivity contribution in [2.45, 2.75) is 13.3 Å². The van der Waals surface area contributed by atoms with Crippen molar-refractivity contribution >= 4 is 29.1 Å². The number of ether oxygens (including phenoxy) is 1. The van der Waals surface area contributed by atoms with E-state index in [0.29, 0.717) is 5.02 Å². The van der Waals surface area contributed by atoms with Gasteiger partial charge in [0.1, 0.15) is 11.4 Å². The highest BCUT2D eigenvalue weighted by Gasteiger charge is 2.15. The molecule has 1 aromatic carbocycles. The minimum atomic E-state index is 0.653. The van der Waals surface area contributed by atoms with E-state index in [1.807, 2.05) is 12.1 Å². The van der Waals surface area contributed by atoms with Crippen LogP contribution in [-0.2, 0) is 0 Å². The molecule has 4 nitrogen and oxygen atoms in total. The second kappa shape index (κ2) is 6.02. The van der Waals surface area contributed by atoms with Gasteiger partial charge in [0.05, 0.1) is 18.8 Å². The summed E-state index contributed by atoms with van der Waals surface area (Å²) in [6, 6.07) is 5.47. The molecule has 0 fully saturated rings. The molecule has 2 rings (SSSR count). The lowest BCUT2D eigenvalue weighted by molar-refractivity contribution is 0.416. The number of rotatable bonds is 5. The van der Waals surface area contributed by atoms with Crippen LogP contribution in [0.1, 0.15) is 13.3 Å². The number of hydrogen-bond acceptors (Lipinski definition) is 5. The summed E-state index contributed by atoms with van der Waals surface area (Å²) in [6.07, 6.45) is 1.03. The van der Waals surface area contributed by atoms with Gasteiger partial charge in [0, 0.05) is 17.1 Å². The molecule has 0 saturated heterocycles. The van der Waals surface area contributed by atoms with Crippen LogP contribution in [0.15, 0.2) is 18.2 Å². The fraction of sp³-hybridized carbons (Fsp3) is 0.333. The van der Waals surface area contributed by atoms with Crippen LogP contribution in [0.2, 0.25) is 5.02 Å². The molecule has 0 bridgehead atoms. The first-order chi connectivity index (χ1) is 8.76. The van der Waals surface area contributed by atoms with Crippen LogP contribution in [0.4, 0.5) is 5.82 Å². The summed E-state index contributed by atoms with van der Waals surface area (Å²) in [5, 5.41) is 3.90. The van der Waals surface area contributed by atoms with Crippen molar-refractivity contribution in [1.82, 2.24) is 8.75 Å². The Morgan fingerprint density at radius 1 is 1.39 bits per heavy atom. The summed E-state index contributed by atoms with van der Waals surface area (Å²) < 4.78 is 13.9. The maximum absolute atomic E-state index is 6.03. The molecule has 1 heterocycles. The van der Waals surface area contributed by atoms with Crippen LogP contribution in [0.5, 0.6) is 5.75 Å². The number of nitrogens with one attached hydrogen (secondary N) is 1. The van der Waals surface area contributed by atoms with E-state index >= 15 is 0 Å². The zero-order valence-corrected chi connectivity index (χ0v) is 11.8. The fourth-order valence-corrected chi connectivity index (χ4v) is 2.30. The third-order valence-electron chi connectivity index (χ3n) is 2.45.